The Morgan fingerprint density at radius 3 is 1.53 bits per heavy atom. The molecule has 0 atom stereocenters. The Labute approximate surface area is 213 Å². The highest BCUT2D eigenvalue weighted by molar-refractivity contribution is 7.98. The van der Waals surface area contributed by atoms with Crippen LogP contribution in [-0.2, 0) is 16.0 Å². The molecule has 4 aromatic rings. The fraction of sp³-hybridized carbons (Fsp3) is 0.103. The van der Waals surface area contributed by atoms with Gasteiger partial charge >= 0.3 is 5.97 Å². The van der Waals surface area contributed by atoms with Crippen LogP contribution in [0.15, 0.2) is 115 Å². The van der Waals surface area contributed by atoms with Gasteiger partial charge in [-0.25, -0.2) is 4.79 Å². The number of hydrogen-bond acceptors (Lipinski definition) is 2. The van der Waals surface area contributed by atoms with Crippen molar-refractivity contribution in [2.24, 2.45) is 0 Å². The molecule has 5 heteroatoms. The van der Waals surface area contributed by atoms with Gasteiger partial charge in [-0.1, -0.05) is 84.4 Å². The largest absolute Gasteiger partial charge is 1.00 e. The Kier molecular flexibility index (Phi) is 9.30. The monoisotopic (exact) mass is 507 g/mol. The molecule has 0 aliphatic heterocycles. The summed E-state index contributed by atoms with van der Waals surface area (Å²) < 4.78 is 5.70. The molecule has 1 radical (unpaired) electrons. The molecule has 0 bridgehead atoms. The molecular formula is C29H26Cl2O2P. The highest BCUT2D eigenvalue weighted by Gasteiger charge is 2.58. The molecule has 0 saturated carbocycles. The van der Waals surface area contributed by atoms with E-state index in [-0.39, 0.29) is 18.4 Å². The van der Waals surface area contributed by atoms with Crippen molar-refractivity contribution in [3.8, 4) is 0 Å². The Bertz CT molecular complexity index is 1090. The van der Waals surface area contributed by atoms with Crippen LogP contribution >= 0.6 is 18.9 Å². The first-order chi connectivity index (χ1) is 16.2. The van der Waals surface area contributed by atoms with Crippen LogP contribution in [0.1, 0.15) is 12.5 Å². The number of esters is 1. The van der Waals surface area contributed by atoms with Crippen LogP contribution in [0.5, 0.6) is 0 Å². The predicted octanol–water partition coefficient (Wildman–Crippen LogP) is 2.98. The van der Waals surface area contributed by atoms with E-state index in [0.717, 1.165) is 27.1 Å². The molecule has 0 heterocycles. The number of hydrogen-bond donors (Lipinski definition) is 0. The van der Waals surface area contributed by atoms with Crippen molar-refractivity contribution >= 4 is 40.7 Å². The maximum absolute atomic E-state index is 13.8. The summed E-state index contributed by atoms with van der Waals surface area (Å²) in [7, 11) is -2.55. The number of benzene rings is 4. The third kappa shape index (κ3) is 5.20. The quantitative estimate of drug-likeness (QED) is 0.270. The highest BCUT2D eigenvalue weighted by atomic mass is 35.5. The molecule has 0 amide bonds. The molecule has 2 nitrogen and oxygen atoms in total. The average molecular weight is 508 g/mol. The van der Waals surface area contributed by atoms with Gasteiger partial charge < -0.3 is 17.1 Å². The fourth-order valence-electron chi connectivity index (χ4n) is 4.23. The topological polar surface area (TPSA) is 26.3 Å². The van der Waals surface area contributed by atoms with Gasteiger partial charge in [-0.15, -0.1) is 0 Å². The second-order valence-electron chi connectivity index (χ2n) is 7.61. The van der Waals surface area contributed by atoms with Gasteiger partial charge in [0.15, 0.2) is 0 Å². The summed E-state index contributed by atoms with van der Waals surface area (Å²) >= 11 is 6.59. The number of carbonyl (C=O) groups excluding carboxylic acids is 1. The molecular weight excluding hydrogens is 482 g/mol. The predicted molar refractivity (Wildman–Crippen MR) is 140 cm³/mol. The van der Waals surface area contributed by atoms with E-state index >= 15 is 0 Å². The maximum atomic E-state index is 13.8. The van der Waals surface area contributed by atoms with Crippen LogP contribution < -0.4 is 28.3 Å². The number of halogens is 2. The Balaban J connectivity index is 0.00000324. The molecule has 0 spiro atoms. The van der Waals surface area contributed by atoms with Crippen LogP contribution in [-0.4, -0.2) is 12.6 Å². The zero-order chi connectivity index (χ0) is 23.1. The minimum Gasteiger partial charge on any atom is -1.00 e. The lowest BCUT2D eigenvalue weighted by Crippen LogP contribution is -3.00. The van der Waals surface area contributed by atoms with Crippen LogP contribution in [0, 0.1) is 5.66 Å². The van der Waals surface area contributed by atoms with E-state index in [0.29, 0.717) is 18.1 Å². The molecule has 0 aromatic heterocycles. The van der Waals surface area contributed by atoms with Gasteiger partial charge in [0.05, 0.1) is 6.61 Å². The third-order valence-electron chi connectivity index (χ3n) is 5.66. The molecule has 0 fully saturated rings. The lowest BCUT2D eigenvalue weighted by molar-refractivity contribution is -0.139. The van der Waals surface area contributed by atoms with Crippen molar-refractivity contribution in [2.75, 3.05) is 6.61 Å². The van der Waals surface area contributed by atoms with Crippen LogP contribution in [0.2, 0.25) is 5.02 Å². The van der Waals surface area contributed by atoms with Crippen LogP contribution in [0.4, 0.5) is 0 Å². The molecule has 0 unspecified atom stereocenters. The van der Waals surface area contributed by atoms with Crippen molar-refractivity contribution in [1.29, 1.82) is 0 Å². The SMILES string of the molecule is CCOC(=O)[C](Cc1ccccc1Cl)[P+](c1ccccc1)(c1ccccc1)c1ccccc1.[Cl-]. The van der Waals surface area contributed by atoms with E-state index in [1.54, 1.807) is 0 Å². The summed E-state index contributed by atoms with van der Waals surface area (Å²) in [5, 5.41) is 3.97. The van der Waals surface area contributed by atoms with Crippen molar-refractivity contribution < 1.29 is 21.9 Å². The Morgan fingerprint density at radius 1 is 0.706 bits per heavy atom. The molecule has 4 rings (SSSR count). The van der Waals surface area contributed by atoms with Crippen LogP contribution in [0.3, 0.4) is 0 Å². The van der Waals surface area contributed by atoms with E-state index < -0.39 is 7.26 Å². The minimum absolute atomic E-state index is 0. The highest BCUT2D eigenvalue weighted by Crippen LogP contribution is 2.65. The zero-order valence-corrected chi connectivity index (χ0v) is 21.3. The summed E-state index contributed by atoms with van der Waals surface area (Å²) in [6.07, 6.45) is 0.408. The fourth-order valence-corrected chi connectivity index (χ4v) is 8.87. The second-order valence-corrected chi connectivity index (χ2v) is 11.5. The average Bonchev–Trinajstić information content (AvgIpc) is 2.87. The van der Waals surface area contributed by atoms with E-state index in [1.807, 2.05) is 85.8 Å². The summed E-state index contributed by atoms with van der Waals surface area (Å²) in [6.45, 7) is 2.15. The maximum Gasteiger partial charge on any atom is 0.356 e. The Morgan fingerprint density at radius 2 is 1.12 bits per heavy atom. The lowest BCUT2D eigenvalue weighted by atomic mass is 10.1. The van der Waals surface area contributed by atoms with Crippen molar-refractivity contribution in [2.45, 2.75) is 13.3 Å². The first kappa shape index (κ1) is 26.0. The minimum atomic E-state index is -2.55. The molecule has 0 saturated heterocycles. The van der Waals surface area contributed by atoms with Gasteiger partial charge in [0.1, 0.15) is 23.2 Å². The van der Waals surface area contributed by atoms with Gasteiger partial charge in [-0.05, 0) is 55.0 Å². The molecule has 173 valence electrons. The second kappa shape index (κ2) is 12.2. The van der Waals surface area contributed by atoms with Crippen molar-refractivity contribution in [3.05, 3.63) is 132 Å². The van der Waals surface area contributed by atoms with Gasteiger partial charge in [-0.3, -0.25) is 0 Å². The van der Waals surface area contributed by atoms with Crippen LogP contribution in [0.25, 0.3) is 0 Å². The van der Waals surface area contributed by atoms with E-state index in [1.165, 1.54) is 0 Å². The van der Waals surface area contributed by atoms with Gasteiger partial charge in [0, 0.05) is 11.4 Å². The van der Waals surface area contributed by atoms with E-state index in [9.17, 15) is 4.79 Å². The van der Waals surface area contributed by atoms with Crippen molar-refractivity contribution in [1.82, 2.24) is 0 Å². The smallest absolute Gasteiger partial charge is 0.356 e. The molecule has 34 heavy (non-hydrogen) atoms. The van der Waals surface area contributed by atoms with Gasteiger partial charge in [0.25, 0.3) is 0 Å². The number of carbonyl (C=O) groups is 1. The number of ether oxygens (including phenoxy) is 1. The summed E-state index contributed by atoms with van der Waals surface area (Å²) in [6, 6.07) is 38.7. The van der Waals surface area contributed by atoms with E-state index in [4.69, 9.17) is 16.3 Å². The summed E-state index contributed by atoms with van der Waals surface area (Å²) in [4.78, 5) is 13.8. The molecule has 0 aliphatic rings. The van der Waals surface area contributed by atoms with E-state index in [2.05, 4.69) is 36.4 Å². The van der Waals surface area contributed by atoms with Crippen molar-refractivity contribution in [3.63, 3.8) is 0 Å². The summed E-state index contributed by atoms with van der Waals surface area (Å²) in [5.74, 6) is -0.276. The lowest BCUT2D eigenvalue weighted by Gasteiger charge is -2.32. The zero-order valence-electron chi connectivity index (χ0n) is 18.9. The Hall–Kier alpha value is -2.64. The first-order valence-electron chi connectivity index (χ1n) is 11.0. The summed E-state index contributed by atoms with van der Waals surface area (Å²) in [5.41, 5.74) is 1.65. The van der Waals surface area contributed by atoms with Gasteiger partial charge in [0.2, 0.25) is 5.66 Å². The molecule has 4 aromatic carbocycles. The van der Waals surface area contributed by atoms with Gasteiger partial charge in [-0.2, -0.15) is 0 Å². The molecule has 0 aliphatic carbocycles. The standard InChI is InChI=1S/C29H26ClO2P.ClH/c1-2-32-29(31)28(22-23-14-12-13-21-27(23)30)33(24-15-6-3-7-16-24,25-17-8-4-9-18-25)26-19-10-5-11-20-26;/h3-21H,2,22H2,1H3;1H/q+1;/p-1. The first-order valence-corrected chi connectivity index (χ1v) is 13.2. The number of rotatable bonds is 8. The molecule has 0 N–H and O–H groups in total. The normalized spacial score (nSPS) is 11.0. The third-order valence-corrected chi connectivity index (χ3v) is 10.4.